The Labute approximate surface area is 125 Å². The molecular weight excluding hydrogens is 270 g/mol. The molecule has 0 bridgehead atoms. The molecule has 0 unspecified atom stereocenters. The van der Waals surface area contributed by atoms with E-state index in [0.29, 0.717) is 12.5 Å². The van der Waals surface area contributed by atoms with Crippen molar-refractivity contribution in [3.05, 3.63) is 58.6 Å². The number of hydrogen-bond acceptors (Lipinski definition) is 2. The van der Waals surface area contributed by atoms with Gasteiger partial charge in [0.2, 0.25) is 0 Å². The SMILES string of the molecule is CNCc1c(Cl)cccc1Oc1ccc(C(C)C)cc1. The summed E-state index contributed by atoms with van der Waals surface area (Å²) in [6, 6.07) is 13.9. The summed E-state index contributed by atoms with van der Waals surface area (Å²) >= 11 is 6.22. The molecule has 0 heterocycles. The molecule has 2 aromatic carbocycles. The minimum absolute atomic E-state index is 0.523. The van der Waals surface area contributed by atoms with Gasteiger partial charge >= 0.3 is 0 Å². The number of rotatable bonds is 5. The van der Waals surface area contributed by atoms with Crippen molar-refractivity contribution in [3.8, 4) is 11.5 Å². The number of halogens is 1. The quantitative estimate of drug-likeness (QED) is 0.838. The van der Waals surface area contributed by atoms with Gasteiger partial charge in [0.15, 0.2) is 0 Å². The van der Waals surface area contributed by atoms with Gasteiger partial charge in [0.1, 0.15) is 11.5 Å². The van der Waals surface area contributed by atoms with E-state index in [1.165, 1.54) is 5.56 Å². The van der Waals surface area contributed by atoms with Gasteiger partial charge in [-0.05, 0) is 42.8 Å². The van der Waals surface area contributed by atoms with E-state index in [-0.39, 0.29) is 0 Å². The molecular formula is C17H20ClNO. The van der Waals surface area contributed by atoms with Gasteiger partial charge in [0.05, 0.1) is 0 Å². The maximum Gasteiger partial charge on any atom is 0.133 e. The predicted molar refractivity (Wildman–Crippen MR) is 84.8 cm³/mol. The van der Waals surface area contributed by atoms with Crippen LogP contribution in [-0.4, -0.2) is 7.05 Å². The Morgan fingerprint density at radius 1 is 1.10 bits per heavy atom. The minimum atomic E-state index is 0.523. The van der Waals surface area contributed by atoms with Crippen molar-refractivity contribution in [2.24, 2.45) is 0 Å². The fourth-order valence-corrected chi connectivity index (χ4v) is 2.26. The van der Waals surface area contributed by atoms with Gasteiger partial charge in [-0.15, -0.1) is 0 Å². The summed E-state index contributed by atoms with van der Waals surface area (Å²) < 4.78 is 5.95. The summed E-state index contributed by atoms with van der Waals surface area (Å²) in [7, 11) is 1.89. The Bertz CT molecular complexity index is 564. The van der Waals surface area contributed by atoms with E-state index in [1.54, 1.807) is 0 Å². The summed E-state index contributed by atoms with van der Waals surface area (Å²) in [5.41, 5.74) is 2.28. The molecule has 2 rings (SSSR count). The van der Waals surface area contributed by atoms with Gasteiger partial charge in [-0.25, -0.2) is 0 Å². The van der Waals surface area contributed by atoms with Gasteiger partial charge < -0.3 is 10.1 Å². The summed E-state index contributed by atoms with van der Waals surface area (Å²) in [5, 5.41) is 3.83. The third-order valence-electron chi connectivity index (χ3n) is 3.20. The van der Waals surface area contributed by atoms with Gasteiger partial charge in [-0.1, -0.05) is 43.6 Å². The summed E-state index contributed by atoms with van der Waals surface area (Å²) in [6.45, 7) is 5.04. The monoisotopic (exact) mass is 289 g/mol. The second kappa shape index (κ2) is 6.78. The van der Waals surface area contributed by atoms with E-state index in [9.17, 15) is 0 Å². The maximum atomic E-state index is 6.22. The van der Waals surface area contributed by atoms with Crippen LogP contribution in [0.2, 0.25) is 5.02 Å². The molecule has 0 fully saturated rings. The molecule has 0 aliphatic carbocycles. The lowest BCUT2D eigenvalue weighted by Crippen LogP contribution is -2.07. The normalized spacial score (nSPS) is 10.8. The van der Waals surface area contributed by atoms with E-state index in [2.05, 4.69) is 31.3 Å². The van der Waals surface area contributed by atoms with Crippen LogP contribution in [0, 0.1) is 0 Å². The average molecular weight is 290 g/mol. The van der Waals surface area contributed by atoms with E-state index in [1.807, 2.05) is 37.4 Å². The van der Waals surface area contributed by atoms with Crippen molar-refractivity contribution in [1.82, 2.24) is 5.32 Å². The standard InChI is InChI=1S/C17H20ClNO/c1-12(2)13-7-9-14(10-8-13)20-17-6-4-5-16(18)15(17)11-19-3/h4-10,12,19H,11H2,1-3H3. The zero-order valence-electron chi connectivity index (χ0n) is 12.1. The highest BCUT2D eigenvalue weighted by molar-refractivity contribution is 6.31. The van der Waals surface area contributed by atoms with E-state index >= 15 is 0 Å². The lowest BCUT2D eigenvalue weighted by molar-refractivity contribution is 0.474. The first-order valence-corrected chi connectivity index (χ1v) is 7.19. The first-order valence-electron chi connectivity index (χ1n) is 6.81. The Morgan fingerprint density at radius 2 is 1.80 bits per heavy atom. The van der Waals surface area contributed by atoms with Crippen LogP contribution < -0.4 is 10.1 Å². The average Bonchev–Trinajstić information content (AvgIpc) is 2.43. The summed E-state index contributed by atoms with van der Waals surface area (Å²) in [4.78, 5) is 0. The molecule has 1 N–H and O–H groups in total. The van der Waals surface area contributed by atoms with E-state index < -0.39 is 0 Å². The zero-order valence-corrected chi connectivity index (χ0v) is 12.9. The molecule has 0 atom stereocenters. The van der Waals surface area contributed by atoms with Gasteiger partial charge in [-0.3, -0.25) is 0 Å². The topological polar surface area (TPSA) is 21.3 Å². The van der Waals surface area contributed by atoms with Crippen molar-refractivity contribution in [1.29, 1.82) is 0 Å². The Balaban J connectivity index is 2.23. The first-order chi connectivity index (χ1) is 9.61. The molecule has 0 spiro atoms. The molecule has 2 aromatic rings. The number of hydrogen-bond donors (Lipinski definition) is 1. The van der Waals surface area contributed by atoms with Crippen molar-refractivity contribution in [2.45, 2.75) is 26.3 Å². The number of ether oxygens (including phenoxy) is 1. The zero-order chi connectivity index (χ0) is 14.5. The molecule has 0 aliphatic rings. The largest absolute Gasteiger partial charge is 0.457 e. The fourth-order valence-electron chi connectivity index (χ4n) is 2.03. The maximum absolute atomic E-state index is 6.22. The smallest absolute Gasteiger partial charge is 0.133 e. The molecule has 0 saturated heterocycles. The predicted octanol–water partition coefficient (Wildman–Crippen LogP) is 4.98. The molecule has 0 saturated carbocycles. The van der Waals surface area contributed by atoms with Crippen molar-refractivity contribution in [3.63, 3.8) is 0 Å². The molecule has 20 heavy (non-hydrogen) atoms. The molecule has 0 aliphatic heterocycles. The van der Waals surface area contributed by atoms with Crippen LogP contribution in [0.25, 0.3) is 0 Å². The third-order valence-corrected chi connectivity index (χ3v) is 3.56. The lowest BCUT2D eigenvalue weighted by atomic mass is 10.0. The van der Waals surface area contributed by atoms with Gasteiger partial charge in [-0.2, -0.15) is 0 Å². The van der Waals surface area contributed by atoms with Crippen LogP contribution in [0.4, 0.5) is 0 Å². The van der Waals surface area contributed by atoms with Crippen LogP contribution in [0.3, 0.4) is 0 Å². The van der Waals surface area contributed by atoms with Crippen LogP contribution in [0.5, 0.6) is 11.5 Å². The highest BCUT2D eigenvalue weighted by atomic mass is 35.5. The number of benzene rings is 2. The molecule has 0 radical (unpaired) electrons. The molecule has 2 nitrogen and oxygen atoms in total. The lowest BCUT2D eigenvalue weighted by Gasteiger charge is -2.13. The van der Waals surface area contributed by atoms with Gasteiger partial charge in [0, 0.05) is 17.1 Å². The van der Waals surface area contributed by atoms with Gasteiger partial charge in [0.25, 0.3) is 0 Å². The summed E-state index contributed by atoms with van der Waals surface area (Å²) in [6.07, 6.45) is 0. The first kappa shape index (κ1) is 14.9. The van der Waals surface area contributed by atoms with Crippen LogP contribution >= 0.6 is 11.6 Å². The second-order valence-corrected chi connectivity index (χ2v) is 5.48. The molecule has 106 valence electrons. The number of nitrogens with one attached hydrogen (secondary N) is 1. The highest BCUT2D eigenvalue weighted by Gasteiger charge is 2.08. The molecule has 3 heteroatoms. The fraction of sp³-hybridized carbons (Fsp3) is 0.294. The Kier molecular flexibility index (Phi) is 5.05. The second-order valence-electron chi connectivity index (χ2n) is 5.07. The van der Waals surface area contributed by atoms with Crippen molar-refractivity contribution >= 4 is 11.6 Å². The minimum Gasteiger partial charge on any atom is -0.457 e. The van der Waals surface area contributed by atoms with E-state index in [0.717, 1.165) is 22.1 Å². The Morgan fingerprint density at radius 3 is 2.40 bits per heavy atom. The van der Waals surface area contributed by atoms with E-state index in [4.69, 9.17) is 16.3 Å². The highest BCUT2D eigenvalue weighted by Crippen LogP contribution is 2.31. The molecule has 0 amide bonds. The van der Waals surface area contributed by atoms with Crippen LogP contribution in [-0.2, 0) is 6.54 Å². The Hall–Kier alpha value is -1.51. The molecule has 0 aromatic heterocycles. The van der Waals surface area contributed by atoms with Crippen LogP contribution in [0.1, 0.15) is 30.9 Å². The van der Waals surface area contributed by atoms with Crippen molar-refractivity contribution in [2.75, 3.05) is 7.05 Å². The third kappa shape index (κ3) is 3.53. The summed E-state index contributed by atoms with van der Waals surface area (Å²) in [5.74, 6) is 2.15. The van der Waals surface area contributed by atoms with Crippen LogP contribution in [0.15, 0.2) is 42.5 Å². The van der Waals surface area contributed by atoms with Crippen molar-refractivity contribution < 1.29 is 4.74 Å².